The van der Waals surface area contributed by atoms with Crippen LogP contribution >= 0.6 is 0 Å². The van der Waals surface area contributed by atoms with Gasteiger partial charge in [-0.25, -0.2) is 14.3 Å². The lowest BCUT2D eigenvalue weighted by atomic mass is 10.4. The van der Waals surface area contributed by atoms with Crippen LogP contribution < -0.4 is 5.32 Å². The van der Waals surface area contributed by atoms with Crippen molar-refractivity contribution < 1.29 is 9.53 Å². The Morgan fingerprint density at radius 3 is 2.67 bits per heavy atom. The highest BCUT2D eigenvalue weighted by atomic mass is 16.6. The first-order chi connectivity index (χ1) is 11.5. The molecule has 0 radical (unpaired) electrons. The van der Waals surface area contributed by atoms with Gasteiger partial charge in [-0.3, -0.25) is 0 Å². The van der Waals surface area contributed by atoms with Crippen molar-refractivity contribution in [3.8, 4) is 6.07 Å². The first-order valence-corrected chi connectivity index (χ1v) is 7.93. The highest BCUT2D eigenvalue weighted by molar-refractivity contribution is 5.68. The molecule has 128 valence electrons. The summed E-state index contributed by atoms with van der Waals surface area (Å²) in [4.78, 5) is 16.9. The zero-order chi connectivity index (χ0) is 17.5. The number of fused-ring (bicyclic) bond motifs is 1. The van der Waals surface area contributed by atoms with Crippen LogP contribution in [0.25, 0.3) is 5.65 Å². The van der Waals surface area contributed by atoms with Gasteiger partial charge in [0, 0.05) is 20.1 Å². The molecule has 1 aliphatic heterocycles. The Hall–Kier alpha value is -2.82. The maximum Gasteiger partial charge on any atom is 0.410 e. The average Bonchev–Trinajstić information content (AvgIpc) is 3.23. The molecular formula is C16H22N6O2. The number of likely N-dealkylation sites (tertiary alicyclic amines) is 1. The summed E-state index contributed by atoms with van der Waals surface area (Å²) in [6.45, 7) is 5.47. The van der Waals surface area contributed by atoms with E-state index >= 15 is 0 Å². The largest absolute Gasteiger partial charge is 0.447 e. The van der Waals surface area contributed by atoms with Gasteiger partial charge in [-0.05, 0) is 38.8 Å². The second-order valence-electron chi connectivity index (χ2n) is 5.62. The predicted octanol–water partition coefficient (Wildman–Crippen LogP) is 2.27. The van der Waals surface area contributed by atoms with Crippen molar-refractivity contribution in [1.82, 2.24) is 19.5 Å². The van der Waals surface area contributed by atoms with Crippen LogP contribution in [0.5, 0.6) is 0 Å². The van der Waals surface area contributed by atoms with Crippen LogP contribution in [0.15, 0.2) is 18.3 Å². The molecule has 1 amide bonds. The standard InChI is InChI=1S/C8H7N5.C8H15NO2/c1-10-7-2-3-8-11-5-6(4-9)13(8)12-7;1-7(2)11-8(10)9-5-3-4-6-9/h2-3,5H,1H3,(H,10,12);7H,3-6H2,1-2H3. The number of hydrogen-bond acceptors (Lipinski definition) is 6. The van der Waals surface area contributed by atoms with E-state index in [0.29, 0.717) is 17.2 Å². The third-order valence-electron chi connectivity index (χ3n) is 3.43. The zero-order valence-electron chi connectivity index (χ0n) is 14.2. The summed E-state index contributed by atoms with van der Waals surface area (Å²) >= 11 is 0. The molecule has 8 heteroatoms. The Morgan fingerprint density at radius 2 is 2.08 bits per heavy atom. The lowest BCUT2D eigenvalue weighted by Gasteiger charge is -2.16. The van der Waals surface area contributed by atoms with Gasteiger partial charge in [0.2, 0.25) is 0 Å². The van der Waals surface area contributed by atoms with Crippen LogP contribution in [-0.4, -0.2) is 51.8 Å². The van der Waals surface area contributed by atoms with E-state index in [9.17, 15) is 4.79 Å². The predicted molar refractivity (Wildman–Crippen MR) is 89.7 cm³/mol. The Balaban J connectivity index is 0.000000177. The van der Waals surface area contributed by atoms with Gasteiger partial charge in [0.05, 0.1) is 12.3 Å². The second-order valence-corrected chi connectivity index (χ2v) is 5.62. The normalized spacial score (nSPS) is 13.4. The lowest BCUT2D eigenvalue weighted by molar-refractivity contribution is 0.0837. The monoisotopic (exact) mass is 330 g/mol. The minimum Gasteiger partial charge on any atom is -0.447 e. The van der Waals surface area contributed by atoms with Gasteiger partial charge in [-0.1, -0.05) is 0 Å². The molecule has 0 spiro atoms. The van der Waals surface area contributed by atoms with E-state index in [1.165, 1.54) is 10.7 Å². The van der Waals surface area contributed by atoms with E-state index in [-0.39, 0.29) is 12.2 Å². The number of nitriles is 1. The molecule has 3 rings (SSSR count). The first kappa shape index (κ1) is 17.5. The Morgan fingerprint density at radius 1 is 1.38 bits per heavy atom. The molecule has 0 bridgehead atoms. The molecular weight excluding hydrogens is 308 g/mol. The van der Waals surface area contributed by atoms with Crippen molar-refractivity contribution in [1.29, 1.82) is 5.26 Å². The molecule has 0 aromatic carbocycles. The van der Waals surface area contributed by atoms with Gasteiger partial charge in [0.1, 0.15) is 11.9 Å². The summed E-state index contributed by atoms with van der Waals surface area (Å²) in [5.41, 5.74) is 1.11. The van der Waals surface area contributed by atoms with Gasteiger partial charge in [0.15, 0.2) is 11.3 Å². The molecule has 1 N–H and O–H groups in total. The van der Waals surface area contributed by atoms with Gasteiger partial charge in [0.25, 0.3) is 0 Å². The van der Waals surface area contributed by atoms with Crippen LogP contribution in [0.1, 0.15) is 32.4 Å². The van der Waals surface area contributed by atoms with Crippen LogP contribution in [0.3, 0.4) is 0 Å². The number of carbonyl (C=O) groups excluding carboxylic acids is 1. The number of aromatic nitrogens is 3. The maximum absolute atomic E-state index is 11.2. The summed E-state index contributed by atoms with van der Waals surface area (Å²) < 4.78 is 6.53. The first-order valence-electron chi connectivity index (χ1n) is 7.93. The van der Waals surface area contributed by atoms with Crippen molar-refractivity contribution in [3.05, 3.63) is 24.0 Å². The number of nitrogens with zero attached hydrogens (tertiary/aromatic N) is 5. The molecule has 0 aliphatic carbocycles. The van der Waals surface area contributed by atoms with E-state index in [0.717, 1.165) is 25.9 Å². The number of amides is 1. The second kappa shape index (κ2) is 8.15. The maximum atomic E-state index is 11.2. The molecule has 1 aliphatic rings. The highest BCUT2D eigenvalue weighted by Crippen LogP contribution is 2.09. The minimum atomic E-state index is -0.155. The third kappa shape index (κ3) is 4.35. The highest BCUT2D eigenvalue weighted by Gasteiger charge is 2.19. The molecule has 0 unspecified atom stereocenters. The molecule has 2 aromatic rings. The number of carbonyl (C=O) groups is 1. The Bertz CT molecular complexity index is 728. The van der Waals surface area contributed by atoms with E-state index < -0.39 is 0 Å². The number of anilines is 1. The van der Waals surface area contributed by atoms with Gasteiger partial charge in [-0.2, -0.15) is 5.26 Å². The third-order valence-corrected chi connectivity index (χ3v) is 3.43. The smallest absolute Gasteiger partial charge is 0.410 e. The van der Waals surface area contributed by atoms with Gasteiger partial charge < -0.3 is 15.0 Å². The van der Waals surface area contributed by atoms with E-state index in [4.69, 9.17) is 10.00 Å². The summed E-state index contributed by atoms with van der Waals surface area (Å²) in [6, 6.07) is 5.63. The summed E-state index contributed by atoms with van der Waals surface area (Å²) in [7, 11) is 1.77. The molecule has 24 heavy (non-hydrogen) atoms. The lowest BCUT2D eigenvalue weighted by Crippen LogP contribution is -2.30. The summed E-state index contributed by atoms with van der Waals surface area (Å²) in [5, 5.41) is 15.8. The zero-order valence-corrected chi connectivity index (χ0v) is 14.2. The van der Waals surface area contributed by atoms with Crippen LogP contribution in [0.2, 0.25) is 0 Å². The Labute approximate surface area is 141 Å². The quantitative estimate of drug-likeness (QED) is 0.907. The Kier molecular flexibility index (Phi) is 5.95. The molecule has 2 aromatic heterocycles. The summed E-state index contributed by atoms with van der Waals surface area (Å²) in [6.07, 6.45) is 3.59. The van der Waals surface area contributed by atoms with Crippen LogP contribution in [-0.2, 0) is 4.74 Å². The molecule has 0 atom stereocenters. The molecule has 1 saturated heterocycles. The van der Waals surface area contributed by atoms with E-state index in [2.05, 4.69) is 15.4 Å². The summed E-state index contributed by atoms with van der Waals surface area (Å²) in [5.74, 6) is 0.710. The van der Waals surface area contributed by atoms with Crippen molar-refractivity contribution in [2.45, 2.75) is 32.8 Å². The average molecular weight is 330 g/mol. The fraction of sp³-hybridized carbons (Fsp3) is 0.500. The SMILES string of the molecule is CC(C)OC(=O)N1CCCC1.CNc1ccc2ncc(C#N)n2n1. The number of ether oxygens (including phenoxy) is 1. The topological polar surface area (TPSA) is 95.5 Å². The van der Waals surface area contributed by atoms with Crippen molar-refractivity contribution >= 4 is 17.6 Å². The molecule has 8 nitrogen and oxygen atoms in total. The number of imidazole rings is 1. The number of nitrogens with one attached hydrogen (secondary N) is 1. The van der Waals surface area contributed by atoms with Crippen molar-refractivity contribution in [3.63, 3.8) is 0 Å². The van der Waals surface area contributed by atoms with Crippen molar-refractivity contribution in [2.24, 2.45) is 0 Å². The molecule has 1 fully saturated rings. The number of hydrogen-bond donors (Lipinski definition) is 1. The van der Waals surface area contributed by atoms with Crippen LogP contribution in [0, 0.1) is 11.3 Å². The fourth-order valence-electron chi connectivity index (χ4n) is 2.26. The van der Waals surface area contributed by atoms with Crippen LogP contribution in [0.4, 0.5) is 10.6 Å². The van der Waals surface area contributed by atoms with Gasteiger partial charge in [-0.15, -0.1) is 5.10 Å². The van der Waals surface area contributed by atoms with Gasteiger partial charge >= 0.3 is 6.09 Å². The molecule has 3 heterocycles. The van der Waals surface area contributed by atoms with E-state index in [1.54, 1.807) is 18.0 Å². The van der Waals surface area contributed by atoms with E-state index in [1.807, 2.05) is 26.0 Å². The fourth-order valence-corrected chi connectivity index (χ4v) is 2.26. The molecule has 0 saturated carbocycles. The minimum absolute atomic E-state index is 0.00287. The number of rotatable bonds is 2. The van der Waals surface area contributed by atoms with Crippen molar-refractivity contribution in [2.75, 3.05) is 25.5 Å².